The van der Waals surface area contributed by atoms with Gasteiger partial charge in [-0.15, -0.1) is 0 Å². The third-order valence-electron chi connectivity index (χ3n) is 1.89. The molecule has 0 aliphatic carbocycles. The maximum atomic E-state index is 13.2. The van der Waals surface area contributed by atoms with Crippen molar-refractivity contribution in [3.63, 3.8) is 0 Å². The zero-order valence-electron chi connectivity index (χ0n) is 7.90. The second-order valence-corrected chi connectivity index (χ2v) is 3.16. The summed E-state index contributed by atoms with van der Waals surface area (Å²) < 4.78 is 31.0. The normalized spacial score (nSPS) is 10.6. The molecule has 1 aromatic carbocycles. The molecular formula is C10H12F2O. The number of rotatable bonds is 2. The minimum Gasteiger partial charge on any atom is -0.494 e. The Bertz CT molecular complexity index is 308. The van der Waals surface area contributed by atoms with Crippen molar-refractivity contribution in [2.45, 2.75) is 19.8 Å². The molecule has 0 atom stereocenters. The van der Waals surface area contributed by atoms with E-state index < -0.39 is 11.6 Å². The number of methoxy groups -OCH3 is 1. The lowest BCUT2D eigenvalue weighted by Crippen LogP contribution is -1.97. The molecule has 0 saturated heterocycles. The van der Waals surface area contributed by atoms with Crippen LogP contribution in [0.15, 0.2) is 12.1 Å². The number of hydrogen-bond acceptors (Lipinski definition) is 1. The van der Waals surface area contributed by atoms with Gasteiger partial charge in [-0.05, 0) is 17.5 Å². The van der Waals surface area contributed by atoms with Crippen LogP contribution in [-0.2, 0) is 0 Å². The third kappa shape index (κ3) is 1.97. The van der Waals surface area contributed by atoms with E-state index in [4.69, 9.17) is 0 Å². The summed E-state index contributed by atoms with van der Waals surface area (Å²) in [6, 6.07) is 2.25. The van der Waals surface area contributed by atoms with Crippen LogP contribution in [0, 0.1) is 11.6 Å². The largest absolute Gasteiger partial charge is 0.494 e. The van der Waals surface area contributed by atoms with Crippen LogP contribution < -0.4 is 4.74 Å². The molecule has 1 aromatic rings. The fraction of sp³-hybridized carbons (Fsp3) is 0.400. The lowest BCUT2D eigenvalue weighted by molar-refractivity contribution is 0.381. The highest BCUT2D eigenvalue weighted by molar-refractivity contribution is 5.32. The Labute approximate surface area is 76.3 Å². The molecule has 0 fully saturated rings. The summed E-state index contributed by atoms with van der Waals surface area (Å²) in [7, 11) is 1.31. The molecule has 0 N–H and O–H groups in total. The summed E-state index contributed by atoms with van der Waals surface area (Å²) in [6.07, 6.45) is 0. The minimum absolute atomic E-state index is 0.0274. The van der Waals surface area contributed by atoms with Crippen molar-refractivity contribution in [2.24, 2.45) is 0 Å². The fourth-order valence-corrected chi connectivity index (χ4v) is 1.14. The molecular weight excluding hydrogens is 174 g/mol. The smallest absolute Gasteiger partial charge is 0.165 e. The van der Waals surface area contributed by atoms with Gasteiger partial charge in [0.25, 0.3) is 0 Å². The minimum atomic E-state index is -0.521. The van der Waals surface area contributed by atoms with Gasteiger partial charge in [-0.2, -0.15) is 0 Å². The Hall–Kier alpha value is -1.12. The number of ether oxygens (including phenoxy) is 1. The van der Waals surface area contributed by atoms with Crippen LogP contribution in [0.25, 0.3) is 0 Å². The van der Waals surface area contributed by atoms with E-state index in [0.717, 1.165) is 6.07 Å². The Kier molecular flexibility index (Phi) is 2.86. The molecule has 0 aliphatic rings. The summed E-state index contributed by atoms with van der Waals surface area (Å²) in [5.74, 6) is -1.02. The Morgan fingerprint density at radius 3 is 2.23 bits per heavy atom. The molecule has 0 amide bonds. The molecule has 0 bridgehead atoms. The van der Waals surface area contributed by atoms with Gasteiger partial charge >= 0.3 is 0 Å². The number of hydrogen-bond donors (Lipinski definition) is 0. The van der Waals surface area contributed by atoms with E-state index in [1.165, 1.54) is 13.2 Å². The van der Waals surface area contributed by atoms with Gasteiger partial charge in [0.1, 0.15) is 5.82 Å². The lowest BCUT2D eigenvalue weighted by Gasteiger charge is -2.09. The first-order valence-corrected chi connectivity index (χ1v) is 4.09. The predicted octanol–water partition coefficient (Wildman–Crippen LogP) is 3.10. The molecule has 0 heterocycles. The molecule has 0 spiro atoms. The van der Waals surface area contributed by atoms with E-state index in [2.05, 4.69) is 4.74 Å². The van der Waals surface area contributed by atoms with E-state index in [1.807, 2.05) is 13.8 Å². The second kappa shape index (κ2) is 3.73. The summed E-state index contributed by atoms with van der Waals surface area (Å²) in [6.45, 7) is 3.62. The van der Waals surface area contributed by atoms with Gasteiger partial charge in [0, 0.05) is 6.07 Å². The van der Waals surface area contributed by atoms with Gasteiger partial charge in [-0.1, -0.05) is 13.8 Å². The van der Waals surface area contributed by atoms with Gasteiger partial charge in [0.2, 0.25) is 0 Å². The van der Waals surface area contributed by atoms with Crippen molar-refractivity contribution in [1.29, 1.82) is 0 Å². The first-order valence-electron chi connectivity index (χ1n) is 4.09. The SMILES string of the molecule is COc1cc(F)c(C(C)C)cc1F. The van der Waals surface area contributed by atoms with Crippen LogP contribution in [0.4, 0.5) is 8.78 Å². The van der Waals surface area contributed by atoms with Crippen LogP contribution >= 0.6 is 0 Å². The highest BCUT2D eigenvalue weighted by Crippen LogP contribution is 2.25. The summed E-state index contributed by atoms with van der Waals surface area (Å²) >= 11 is 0. The summed E-state index contributed by atoms with van der Waals surface area (Å²) in [5, 5.41) is 0. The molecule has 13 heavy (non-hydrogen) atoms. The zero-order chi connectivity index (χ0) is 10.0. The Morgan fingerprint density at radius 2 is 1.77 bits per heavy atom. The van der Waals surface area contributed by atoms with Crippen LogP contribution in [0.3, 0.4) is 0 Å². The summed E-state index contributed by atoms with van der Waals surface area (Å²) in [5.41, 5.74) is 0.373. The van der Waals surface area contributed by atoms with Crippen LogP contribution in [0.2, 0.25) is 0 Å². The average Bonchev–Trinajstić information content (AvgIpc) is 2.07. The van der Waals surface area contributed by atoms with Crippen LogP contribution in [0.5, 0.6) is 5.75 Å². The second-order valence-electron chi connectivity index (χ2n) is 3.16. The maximum absolute atomic E-state index is 13.2. The van der Waals surface area contributed by atoms with Gasteiger partial charge in [-0.25, -0.2) is 8.78 Å². The third-order valence-corrected chi connectivity index (χ3v) is 1.89. The van der Waals surface area contributed by atoms with E-state index in [-0.39, 0.29) is 11.7 Å². The van der Waals surface area contributed by atoms with Gasteiger partial charge in [-0.3, -0.25) is 0 Å². The number of benzene rings is 1. The molecule has 0 unspecified atom stereocenters. The highest BCUT2D eigenvalue weighted by atomic mass is 19.1. The molecule has 0 aromatic heterocycles. The monoisotopic (exact) mass is 186 g/mol. The molecule has 72 valence electrons. The van der Waals surface area contributed by atoms with Crippen molar-refractivity contribution >= 4 is 0 Å². The number of halogens is 2. The van der Waals surface area contributed by atoms with E-state index in [1.54, 1.807) is 0 Å². The quantitative estimate of drug-likeness (QED) is 0.689. The standard InChI is InChI=1S/C10H12F2O/c1-6(2)7-4-9(12)10(13-3)5-8(7)11/h4-6H,1-3H3. The molecule has 0 radical (unpaired) electrons. The average molecular weight is 186 g/mol. The highest BCUT2D eigenvalue weighted by Gasteiger charge is 2.12. The molecule has 0 aliphatic heterocycles. The topological polar surface area (TPSA) is 9.23 Å². The Morgan fingerprint density at radius 1 is 1.15 bits per heavy atom. The van der Waals surface area contributed by atoms with Crippen molar-refractivity contribution in [3.8, 4) is 5.75 Å². The van der Waals surface area contributed by atoms with Crippen molar-refractivity contribution in [2.75, 3.05) is 7.11 Å². The lowest BCUT2D eigenvalue weighted by atomic mass is 10.0. The van der Waals surface area contributed by atoms with E-state index in [9.17, 15) is 8.78 Å². The fourth-order valence-electron chi connectivity index (χ4n) is 1.14. The van der Waals surface area contributed by atoms with Crippen LogP contribution in [-0.4, -0.2) is 7.11 Å². The molecule has 1 rings (SSSR count). The first-order chi connectivity index (χ1) is 6.06. The van der Waals surface area contributed by atoms with Crippen molar-refractivity contribution in [3.05, 3.63) is 29.3 Å². The van der Waals surface area contributed by atoms with E-state index in [0.29, 0.717) is 5.56 Å². The van der Waals surface area contributed by atoms with Gasteiger partial charge in [0.05, 0.1) is 7.11 Å². The van der Waals surface area contributed by atoms with E-state index >= 15 is 0 Å². The predicted molar refractivity (Wildman–Crippen MR) is 47.0 cm³/mol. The first kappa shape index (κ1) is 9.96. The zero-order valence-corrected chi connectivity index (χ0v) is 7.90. The van der Waals surface area contributed by atoms with Crippen molar-refractivity contribution in [1.82, 2.24) is 0 Å². The molecule has 0 saturated carbocycles. The molecule has 1 nitrogen and oxygen atoms in total. The Balaban J connectivity index is 3.20. The van der Waals surface area contributed by atoms with Gasteiger partial charge < -0.3 is 4.74 Å². The van der Waals surface area contributed by atoms with Gasteiger partial charge in [0.15, 0.2) is 11.6 Å². The maximum Gasteiger partial charge on any atom is 0.165 e. The molecule has 3 heteroatoms. The van der Waals surface area contributed by atoms with Crippen molar-refractivity contribution < 1.29 is 13.5 Å². The summed E-state index contributed by atoms with van der Waals surface area (Å²) in [4.78, 5) is 0. The van der Waals surface area contributed by atoms with Crippen LogP contribution in [0.1, 0.15) is 25.3 Å².